The Bertz CT molecular complexity index is 564. The molecule has 102 valence electrons. The van der Waals surface area contributed by atoms with Crippen LogP contribution >= 0.6 is 0 Å². The molecule has 0 radical (unpaired) electrons. The minimum absolute atomic E-state index is 0.0227. The molecule has 3 heteroatoms. The van der Waals surface area contributed by atoms with Gasteiger partial charge in [-0.3, -0.25) is 0 Å². The van der Waals surface area contributed by atoms with Crippen molar-refractivity contribution in [3.05, 3.63) is 36.4 Å². The van der Waals surface area contributed by atoms with Crippen LogP contribution in [0.1, 0.15) is 13.8 Å². The van der Waals surface area contributed by atoms with Crippen molar-refractivity contribution in [1.29, 1.82) is 0 Å². The Kier molecular flexibility index (Phi) is 3.96. The van der Waals surface area contributed by atoms with E-state index in [0.717, 1.165) is 18.0 Å². The first-order valence-corrected chi connectivity index (χ1v) is 6.55. The lowest BCUT2D eigenvalue weighted by Crippen LogP contribution is -2.40. The van der Waals surface area contributed by atoms with Crippen molar-refractivity contribution >= 4 is 16.5 Å². The monoisotopic (exact) mass is 258 g/mol. The zero-order valence-corrected chi connectivity index (χ0v) is 12.1. The summed E-state index contributed by atoms with van der Waals surface area (Å²) in [6.45, 7) is 5.27. The molecule has 2 rings (SSSR count). The van der Waals surface area contributed by atoms with Crippen LogP contribution in [0.4, 0.5) is 5.69 Å². The first kappa shape index (κ1) is 13.7. The second-order valence-corrected chi connectivity index (χ2v) is 5.47. The zero-order chi connectivity index (χ0) is 13.9. The Hall–Kier alpha value is -1.74. The molecule has 0 unspecified atom stereocenters. The summed E-state index contributed by atoms with van der Waals surface area (Å²) in [6, 6.07) is 12.5. The Balaban J connectivity index is 2.27. The lowest BCUT2D eigenvalue weighted by molar-refractivity contribution is 0.415. The van der Waals surface area contributed by atoms with E-state index in [-0.39, 0.29) is 5.54 Å². The van der Waals surface area contributed by atoms with Crippen LogP contribution in [-0.2, 0) is 0 Å². The number of methoxy groups -OCH3 is 1. The topological polar surface area (TPSA) is 33.3 Å². The first-order valence-electron chi connectivity index (χ1n) is 6.55. The summed E-state index contributed by atoms with van der Waals surface area (Å²) in [4.78, 5) is 0. The summed E-state index contributed by atoms with van der Waals surface area (Å²) >= 11 is 0. The van der Waals surface area contributed by atoms with Gasteiger partial charge in [-0.25, -0.2) is 0 Å². The number of ether oxygens (including phenoxy) is 1. The van der Waals surface area contributed by atoms with Crippen molar-refractivity contribution in [3.63, 3.8) is 0 Å². The van der Waals surface area contributed by atoms with Gasteiger partial charge in [0.1, 0.15) is 5.75 Å². The van der Waals surface area contributed by atoms with Crippen molar-refractivity contribution in [3.8, 4) is 5.75 Å². The molecular weight excluding hydrogens is 236 g/mol. The van der Waals surface area contributed by atoms with Crippen LogP contribution in [0.5, 0.6) is 5.75 Å². The van der Waals surface area contributed by atoms with E-state index in [9.17, 15) is 0 Å². The van der Waals surface area contributed by atoms with Gasteiger partial charge in [0.15, 0.2) is 0 Å². The number of nitrogens with one attached hydrogen (secondary N) is 2. The number of hydrogen-bond acceptors (Lipinski definition) is 3. The van der Waals surface area contributed by atoms with Crippen LogP contribution in [0.3, 0.4) is 0 Å². The molecule has 0 aromatic heterocycles. The first-order chi connectivity index (χ1) is 9.04. The second-order valence-electron chi connectivity index (χ2n) is 5.47. The van der Waals surface area contributed by atoms with Gasteiger partial charge in [0.25, 0.3) is 0 Å². The highest BCUT2D eigenvalue weighted by molar-refractivity contribution is 5.87. The highest BCUT2D eigenvalue weighted by Gasteiger charge is 2.15. The molecule has 0 aliphatic heterocycles. The fourth-order valence-corrected chi connectivity index (χ4v) is 2.31. The van der Waals surface area contributed by atoms with Gasteiger partial charge in [0.05, 0.1) is 7.11 Å². The number of benzene rings is 2. The van der Waals surface area contributed by atoms with E-state index in [1.54, 1.807) is 7.11 Å². The average molecular weight is 258 g/mol. The van der Waals surface area contributed by atoms with Gasteiger partial charge < -0.3 is 15.4 Å². The molecule has 2 aromatic carbocycles. The molecule has 0 aliphatic carbocycles. The number of rotatable bonds is 5. The predicted octanol–water partition coefficient (Wildman–Crippen LogP) is 3.26. The molecule has 2 aromatic rings. The maximum atomic E-state index is 5.24. The zero-order valence-electron chi connectivity index (χ0n) is 12.1. The molecule has 0 spiro atoms. The Labute approximate surface area is 115 Å². The summed E-state index contributed by atoms with van der Waals surface area (Å²) in [5.41, 5.74) is 1.16. The fourth-order valence-electron chi connectivity index (χ4n) is 2.31. The summed E-state index contributed by atoms with van der Waals surface area (Å²) < 4.78 is 5.24. The summed E-state index contributed by atoms with van der Waals surface area (Å²) in [6.07, 6.45) is 0. The third kappa shape index (κ3) is 3.38. The van der Waals surface area contributed by atoms with Crippen LogP contribution in [-0.4, -0.2) is 26.2 Å². The molecule has 0 amide bonds. The van der Waals surface area contributed by atoms with Crippen molar-refractivity contribution in [2.24, 2.45) is 0 Å². The van der Waals surface area contributed by atoms with Crippen molar-refractivity contribution < 1.29 is 4.74 Å². The fraction of sp³-hybridized carbons (Fsp3) is 0.375. The number of hydrogen-bond donors (Lipinski definition) is 2. The van der Waals surface area contributed by atoms with E-state index in [2.05, 4.69) is 54.8 Å². The molecule has 2 N–H and O–H groups in total. The number of anilines is 1. The normalized spacial score (nSPS) is 11.6. The average Bonchev–Trinajstić information content (AvgIpc) is 2.37. The van der Waals surface area contributed by atoms with E-state index in [4.69, 9.17) is 4.74 Å². The molecule has 0 atom stereocenters. The van der Waals surface area contributed by atoms with Gasteiger partial charge in [-0.05, 0) is 55.9 Å². The predicted molar refractivity (Wildman–Crippen MR) is 82.1 cm³/mol. The number of fused-ring (bicyclic) bond motifs is 1. The van der Waals surface area contributed by atoms with Crippen molar-refractivity contribution in [1.82, 2.24) is 5.32 Å². The maximum absolute atomic E-state index is 5.24. The van der Waals surface area contributed by atoms with E-state index in [0.29, 0.717) is 0 Å². The molecule has 0 aliphatic rings. The van der Waals surface area contributed by atoms with E-state index >= 15 is 0 Å². The Morgan fingerprint density at radius 2 is 1.74 bits per heavy atom. The standard InChI is InChI=1S/C16H22N2O/c1-16(2,11-17-3)18-14-7-5-13-10-15(19-4)8-6-12(13)9-14/h5-10,17-18H,11H2,1-4H3. The highest BCUT2D eigenvalue weighted by atomic mass is 16.5. The minimum atomic E-state index is 0.0227. The summed E-state index contributed by atoms with van der Waals surface area (Å²) in [7, 11) is 3.66. The van der Waals surface area contributed by atoms with Gasteiger partial charge in [-0.2, -0.15) is 0 Å². The molecule has 0 heterocycles. The molecule has 0 bridgehead atoms. The van der Waals surface area contributed by atoms with Gasteiger partial charge in [-0.1, -0.05) is 12.1 Å². The lowest BCUT2D eigenvalue weighted by atomic mass is 10.0. The maximum Gasteiger partial charge on any atom is 0.119 e. The van der Waals surface area contributed by atoms with Gasteiger partial charge >= 0.3 is 0 Å². The largest absolute Gasteiger partial charge is 0.497 e. The van der Waals surface area contributed by atoms with Gasteiger partial charge in [-0.15, -0.1) is 0 Å². The summed E-state index contributed by atoms with van der Waals surface area (Å²) in [5, 5.41) is 9.15. The second kappa shape index (κ2) is 5.49. The third-order valence-electron chi connectivity index (χ3n) is 3.15. The SMILES string of the molecule is CNCC(C)(C)Nc1ccc2cc(OC)ccc2c1. The molecular formula is C16H22N2O. The molecule has 19 heavy (non-hydrogen) atoms. The van der Waals surface area contributed by atoms with E-state index in [1.165, 1.54) is 10.8 Å². The number of likely N-dealkylation sites (N-methyl/N-ethyl adjacent to an activating group) is 1. The lowest BCUT2D eigenvalue weighted by Gasteiger charge is -2.27. The van der Waals surface area contributed by atoms with E-state index in [1.807, 2.05) is 13.1 Å². The molecule has 3 nitrogen and oxygen atoms in total. The van der Waals surface area contributed by atoms with Crippen LogP contribution in [0.25, 0.3) is 10.8 Å². The van der Waals surface area contributed by atoms with E-state index < -0.39 is 0 Å². The molecule has 0 saturated heterocycles. The Morgan fingerprint density at radius 1 is 1.05 bits per heavy atom. The van der Waals surface area contributed by atoms with Gasteiger partial charge in [0, 0.05) is 17.8 Å². The quantitative estimate of drug-likeness (QED) is 0.863. The molecule has 0 saturated carbocycles. The van der Waals surface area contributed by atoms with Crippen LogP contribution < -0.4 is 15.4 Å². The van der Waals surface area contributed by atoms with Crippen LogP contribution in [0, 0.1) is 0 Å². The Morgan fingerprint density at radius 3 is 2.42 bits per heavy atom. The van der Waals surface area contributed by atoms with Gasteiger partial charge in [0.2, 0.25) is 0 Å². The molecule has 0 fully saturated rings. The highest BCUT2D eigenvalue weighted by Crippen LogP contribution is 2.25. The van der Waals surface area contributed by atoms with Crippen LogP contribution in [0.15, 0.2) is 36.4 Å². The van der Waals surface area contributed by atoms with Crippen molar-refractivity contribution in [2.75, 3.05) is 26.0 Å². The summed E-state index contributed by atoms with van der Waals surface area (Å²) in [5.74, 6) is 0.892. The van der Waals surface area contributed by atoms with Crippen LogP contribution in [0.2, 0.25) is 0 Å². The smallest absolute Gasteiger partial charge is 0.119 e. The minimum Gasteiger partial charge on any atom is -0.497 e. The van der Waals surface area contributed by atoms with Crippen molar-refractivity contribution in [2.45, 2.75) is 19.4 Å². The third-order valence-corrected chi connectivity index (χ3v) is 3.15.